The topological polar surface area (TPSA) is 65.2 Å². The van der Waals surface area contributed by atoms with E-state index >= 15 is 0 Å². The average molecular weight is 270 g/mol. The zero-order chi connectivity index (χ0) is 14.4. The molecule has 0 bridgehead atoms. The van der Waals surface area contributed by atoms with Gasteiger partial charge in [-0.25, -0.2) is 0 Å². The van der Waals surface area contributed by atoms with Gasteiger partial charge in [-0.15, -0.1) is 0 Å². The fourth-order valence-electron chi connectivity index (χ4n) is 2.08. The van der Waals surface area contributed by atoms with E-state index in [2.05, 4.69) is 4.98 Å². The van der Waals surface area contributed by atoms with Crippen molar-refractivity contribution in [3.8, 4) is 5.75 Å². The summed E-state index contributed by atoms with van der Waals surface area (Å²) < 4.78 is 5.37. The third-order valence-electron chi connectivity index (χ3n) is 3.06. The number of carbonyl (C=O) groups excluding carboxylic acids is 1. The number of benzene rings is 1. The molecular weight excluding hydrogens is 252 g/mol. The van der Waals surface area contributed by atoms with Crippen LogP contribution in [0.3, 0.4) is 0 Å². The van der Waals surface area contributed by atoms with Gasteiger partial charge in [0.1, 0.15) is 5.75 Å². The summed E-state index contributed by atoms with van der Waals surface area (Å²) >= 11 is 0. The van der Waals surface area contributed by atoms with Crippen molar-refractivity contribution >= 4 is 5.78 Å². The first-order valence-corrected chi connectivity index (χ1v) is 6.63. The predicted octanol–water partition coefficient (Wildman–Crippen LogP) is 2.41. The van der Waals surface area contributed by atoms with Crippen molar-refractivity contribution in [3.05, 3.63) is 59.9 Å². The molecule has 1 atom stereocenters. The van der Waals surface area contributed by atoms with Gasteiger partial charge >= 0.3 is 0 Å². The van der Waals surface area contributed by atoms with Gasteiger partial charge in [0.2, 0.25) is 0 Å². The molecule has 1 heterocycles. The van der Waals surface area contributed by atoms with Crippen LogP contribution in [0.2, 0.25) is 0 Å². The molecule has 0 fully saturated rings. The summed E-state index contributed by atoms with van der Waals surface area (Å²) in [6.07, 6.45) is 3.15. The van der Waals surface area contributed by atoms with Crippen molar-refractivity contribution in [1.29, 1.82) is 0 Å². The maximum atomic E-state index is 12.6. The number of pyridine rings is 1. The minimum atomic E-state index is -0.352. The fourth-order valence-corrected chi connectivity index (χ4v) is 2.08. The number of ketones is 1. The Bertz CT molecular complexity index is 570. The number of rotatable bonds is 6. The molecule has 1 aromatic heterocycles. The number of nitrogens with zero attached hydrogens (tertiary/aromatic N) is 1. The van der Waals surface area contributed by atoms with Gasteiger partial charge in [0.05, 0.1) is 18.7 Å². The highest BCUT2D eigenvalue weighted by Gasteiger charge is 2.21. The van der Waals surface area contributed by atoms with Gasteiger partial charge < -0.3 is 10.5 Å². The molecule has 0 radical (unpaired) electrons. The maximum absolute atomic E-state index is 12.6. The third-order valence-corrected chi connectivity index (χ3v) is 3.06. The molecule has 20 heavy (non-hydrogen) atoms. The zero-order valence-electron chi connectivity index (χ0n) is 11.5. The van der Waals surface area contributed by atoms with Gasteiger partial charge in [-0.2, -0.15) is 0 Å². The van der Waals surface area contributed by atoms with Crippen LogP contribution in [0.4, 0.5) is 0 Å². The number of hydrogen-bond donors (Lipinski definition) is 1. The molecule has 2 N–H and O–H groups in total. The Balaban J connectivity index is 2.27. The fraction of sp³-hybridized carbons (Fsp3) is 0.250. The molecule has 0 aliphatic carbocycles. The summed E-state index contributed by atoms with van der Waals surface area (Å²) in [5.74, 6) is 0.213. The van der Waals surface area contributed by atoms with Crippen LogP contribution >= 0.6 is 0 Å². The van der Waals surface area contributed by atoms with E-state index in [9.17, 15) is 4.79 Å². The SMILES string of the molecule is CCOc1cncc(C(=O)C(CN)c2ccccc2)c1. The Labute approximate surface area is 118 Å². The van der Waals surface area contributed by atoms with Crippen molar-refractivity contribution in [2.45, 2.75) is 12.8 Å². The predicted molar refractivity (Wildman–Crippen MR) is 78.0 cm³/mol. The van der Waals surface area contributed by atoms with Crippen molar-refractivity contribution in [3.63, 3.8) is 0 Å². The summed E-state index contributed by atoms with van der Waals surface area (Å²) in [5.41, 5.74) is 7.21. The molecular formula is C16H18N2O2. The van der Waals surface area contributed by atoms with Gasteiger partial charge in [0.25, 0.3) is 0 Å². The van der Waals surface area contributed by atoms with Crippen LogP contribution in [0.25, 0.3) is 0 Å². The van der Waals surface area contributed by atoms with Crippen LogP contribution in [0, 0.1) is 0 Å². The van der Waals surface area contributed by atoms with Crippen molar-refractivity contribution in [1.82, 2.24) is 4.98 Å². The van der Waals surface area contributed by atoms with Crippen LogP contribution in [0.1, 0.15) is 28.8 Å². The number of hydrogen-bond acceptors (Lipinski definition) is 4. The summed E-state index contributed by atoms with van der Waals surface area (Å²) in [7, 11) is 0. The van der Waals surface area contributed by atoms with Gasteiger partial charge in [-0.1, -0.05) is 30.3 Å². The van der Waals surface area contributed by atoms with E-state index in [1.165, 1.54) is 0 Å². The number of aromatic nitrogens is 1. The number of Topliss-reactive ketones (excluding diaryl/α,β-unsaturated/α-hetero) is 1. The highest BCUT2D eigenvalue weighted by molar-refractivity contribution is 6.01. The standard InChI is InChI=1S/C16H18N2O2/c1-2-20-14-8-13(10-18-11-14)16(19)15(9-17)12-6-4-3-5-7-12/h3-8,10-11,15H,2,9,17H2,1H3. The van der Waals surface area contributed by atoms with E-state index in [0.717, 1.165) is 5.56 Å². The van der Waals surface area contributed by atoms with Crippen LogP contribution < -0.4 is 10.5 Å². The third kappa shape index (κ3) is 3.22. The molecule has 0 amide bonds. The first-order chi connectivity index (χ1) is 9.76. The second-order valence-electron chi connectivity index (χ2n) is 4.41. The normalized spacial score (nSPS) is 11.9. The molecule has 1 unspecified atom stereocenters. The summed E-state index contributed by atoms with van der Waals surface area (Å²) in [5, 5.41) is 0. The summed E-state index contributed by atoms with van der Waals surface area (Å²) in [4.78, 5) is 16.6. The van der Waals surface area contributed by atoms with E-state index in [4.69, 9.17) is 10.5 Å². The molecule has 2 aromatic rings. The Morgan fingerprint density at radius 3 is 2.70 bits per heavy atom. The molecule has 4 heteroatoms. The smallest absolute Gasteiger partial charge is 0.173 e. The minimum absolute atomic E-state index is 0.0345. The molecule has 2 rings (SSSR count). The van der Waals surface area contributed by atoms with E-state index in [-0.39, 0.29) is 18.2 Å². The van der Waals surface area contributed by atoms with Gasteiger partial charge in [0, 0.05) is 18.3 Å². The van der Waals surface area contributed by atoms with Gasteiger partial charge in [-0.05, 0) is 18.6 Å². The molecule has 104 valence electrons. The number of ether oxygens (including phenoxy) is 1. The van der Waals surface area contributed by atoms with E-state index in [1.807, 2.05) is 37.3 Å². The molecule has 0 spiro atoms. The van der Waals surface area contributed by atoms with Crippen molar-refractivity contribution in [2.24, 2.45) is 5.73 Å². The van der Waals surface area contributed by atoms with E-state index in [1.54, 1.807) is 18.5 Å². The lowest BCUT2D eigenvalue weighted by Crippen LogP contribution is -2.22. The van der Waals surface area contributed by atoms with Crippen LogP contribution in [0.5, 0.6) is 5.75 Å². The molecule has 4 nitrogen and oxygen atoms in total. The largest absolute Gasteiger partial charge is 0.492 e. The van der Waals surface area contributed by atoms with Gasteiger partial charge in [-0.3, -0.25) is 9.78 Å². The average Bonchev–Trinajstić information content (AvgIpc) is 2.50. The van der Waals surface area contributed by atoms with E-state index in [0.29, 0.717) is 17.9 Å². The molecule has 0 saturated carbocycles. The highest BCUT2D eigenvalue weighted by Crippen LogP contribution is 2.21. The Hall–Kier alpha value is -2.20. The monoisotopic (exact) mass is 270 g/mol. The van der Waals surface area contributed by atoms with Crippen LogP contribution in [0.15, 0.2) is 48.8 Å². The minimum Gasteiger partial charge on any atom is -0.492 e. The molecule has 1 aromatic carbocycles. The quantitative estimate of drug-likeness (QED) is 0.819. The lowest BCUT2D eigenvalue weighted by atomic mass is 9.91. The molecule has 0 aliphatic heterocycles. The highest BCUT2D eigenvalue weighted by atomic mass is 16.5. The van der Waals surface area contributed by atoms with Crippen molar-refractivity contribution in [2.75, 3.05) is 13.2 Å². The van der Waals surface area contributed by atoms with E-state index < -0.39 is 0 Å². The van der Waals surface area contributed by atoms with Crippen molar-refractivity contribution < 1.29 is 9.53 Å². The lowest BCUT2D eigenvalue weighted by Gasteiger charge is -2.14. The van der Waals surface area contributed by atoms with Crippen LogP contribution in [-0.2, 0) is 0 Å². The van der Waals surface area contributed by atoms with Crippen LogP contribution in [-0.4, -0.2) is 23.9 Å². The summed E-state index contributed by atoms with van der Waals surface area (Å²) in [6, 6.07) is 11.3. The first kappa shape index (κ1) is 14.2. The second-order valence-corrected chi connectivity index (χ2v) is 4.41. The summed E-state index contributed by atoms with van der Waals surface area (Å²) in [6.45, 7) is 2.70. The zero-order valence-corrected chi connectivity index (χ0v) is 11.5. The Kier molecular flexibility index (Phi) is 4.85. The Morgan fingerprint density at radius 1 is 1.30 bits per heavy atom. The molecule has 0 aliphatic rings. The lowest BCUT2D eigenvalue weighted by molar-refractivity contribution is 0.0961. The van der Waals surface area contributed by atoms with Gasteiger partial charge in [0.15, 0.2) is 5.78 Å². The number of carbonyl (C=O) groups is 1. The Morgan fingerprint density at radius 2 is 2.05 bits per heavy atom. The second kappa shape index (κ2) is 6.82. The number of nitrogens with two attached hydrogens (primary N) is 1. The molecule has 0 saturated heterocycles. The first-order valence-electron chi connectivity index (χ1n) is 6.63. The maximum Gasteiger partial charge on any atom is 0.173 e.